The van der Waals surface area contributed by atoms with Crippen LogP contribution in [-0.2, 0) is 0 Å². The third-order valence-corrected chi connectivity index (χ3v) is 8.41. The maximum Gasteiger partial charge on any atom is 0.0787 e. The fourth-order valence-electron chi connectivity index (χ4n) is 6.70. The van der Waals surface area contributed by atoms with Crippen molar-refractivity contribution in [1.82, 2.24) is 0 Å². The number of hydrogen-bond donors (Lipinski definition) is 2. The molecule has 2 heteroatoms. The summed E-state index contributed by atoms with van der Waals surface area (Å²) in [7, 11) is 0. The Morgan fingerprint density at radius 1 is 1.17 bits per heavy atom. The van der Waals surface area contributed by atoms with Crippen LogP contribution in [-0.4, -0.2) is 21.9 Å². The maximum absolute atomic E-state index is 10.1. The van der Waals surface area contributed by atoms with Gasteiger partial charge in [0.25, 0.3) is 0 Å². The number of aliphatic hydroxyl groups is 2. The first kappa shape index (κ1) is 22.8. The average Bonchev–Trinajstić information content (AvgIpc) is 2.99. The minimum atomic E-state index is -0.535. The molecule has 0 aromatic carbocycles. The summed E-state index contributed by atoms with van der Waals surface area (Å²) in [5.74, 6) is 2.26. The summed E-state index contributed by atoms with van der Waals surface area (Å²) in [6.45, 7) is 13.0. The largest absolute Gasteiger partial charge is 0.390 e. The molecule has 164 valence electrons. The molecule has 0 amide bonds. The molecule has 0 aromatic rings. The molecule has 2 N–H and O–H groups in total. The van der Waals surface area contributed by atoms with Crippen LogP contribution in [0.25, 0.3) is 0 Å². The maximum atomic E-state index is 10.1. The fourth-order valence-corrected chi connectivity index (χ4v) is 6.70. The molecule has 3 rings (SSSR count). The average molecular weight is 401 g/mol. The molecule has 2 nitrogen and oxygen atoms in total. The van der Waals surface area contributed by atoms with Gasteiger partial charge in [-0.3, -0.25) is 0 Å². The van der Waals surface area contributed by atoms with E-state index in [1.165, 1.54) is 44.1 Å². The molecular weight excluding hydrogens is 356 g/mol. The minimum Gasteiger partial charge on any atom is -0.390 e. The molecule has 0 bridgehead atoms. The summed E-state index contributed by atoms with van der Waals surface area (Å²) < 4.78 is 0. The van der Waals surface area contributed by atoms with Crippen molar-refractivity contribution in [3.05, 3.63) is 35.5 Å². The van der Waals surface area contributed by atoms with Crippen LogP contribution in [0.3, 0.4) is 0 Å². The molecule has 0 spiro atoms. The first-order chi connectivity index (χ1) is 13.6. The Balaban J connectivity index is 1.68. The Kier molecular flexibility index (Phi) is 7.16. The Hall–Kier alpha value is -0.860. The van der Waals surface area contributed by atoms with Gasteiger partial charge in [0.1, 0.15) is 0 Å². The van der Waals surface area contributed by atoms with Gasteiger partial charge >= 0.3 is 0 Å². The minimum absolute atomic E-state index is 0.342. The highest BCUT2D eigenvalue weighted by Gasteiger charge is 2.50. The number of allylic oxidation sites excluding steroid dienone is 3. The highest BCUT2D eigenvalue weighted by molar-refractivity contribution is 5.37. The van der Waals surface area contributed by atoms with Crippen LogP contribution in [0.15, 0.2) is 35.5 Å². The van der Waals surface area contributed by atoms with Crippen LogP contribution >= 0.6 is 0 Å². The van der Waals surface area contributed by atoms with E-state index in [-0.39, 0.29) is 6.10 Å². The van der Waals surface area contributed by atoms with Crippen LogP contribution in [0.1, 0.15) is 98.3 Å². The van der Waals surface area contributed by atoms with Crippen LogP contribution in [0.5, 0.6) is 0 Å². The van der Waals surface area contributed by atoms with Gasteiger partial charge in [0.05, 0.1) is 11.7 Å². The Bertz CT molecular complexity index is 650. The van der Waals surface area contributed by atoms with Gasteiger partial charge in [0, 0.05) is 0 Å². The van der Waals surface area contributed by atoms with Crippen molar-refractivity contribution in [2.75, 3.05) is 0 Å². The molecule has 0 aromatic heterocycles. The lowest BCUT2D eigenvalue weighted by Gasteiger charge is -2.44. The first-order valence-corrected chi connectivity index (χ1v) is 12.1. The second kappa shape index (κ2) is 9.10. The zero-order valence-corrected chi connectivity index (χ0v) is 19.3. The van der Waals surface area contributed by atoms with E-state index in [4.69, 9.17) is 0 Å². The van der Waals surface area contributed by atoms with Gasteiger partial charge in [-0.2, -0.15) is 0 Å². The van der Waals surface area contributed by atoms with Crippen LogP contribution in [0.2, 0.25) is 0 Å². The van der Waals surface area contributed by atoms with E-state index in [2.05, 4.69) is 32.6 Å². The Morgan fingerprint density at radius 2 is 1.93 bits per heavy atom. The predicted octanol–water partition coefficient (Wildman–Crippen LogP) is 6.73. The van der Waals surface area contributed by atoms with Gasteiger partial charge in [-0.25, -0.2) is 0 Å². The summed E-state index contributed by atoms with van der Waals surface area (Å²) in [6.07, 6.45) is 17.2. The van der Waals surface area contributed by atoms with E-state index in [0.29, 0.717) is 5.41 Å². The van der Waals surface area contributed by atoms with Crippen molar-refractivity contribution in [2.24, 2.45) is 23.2 Å². The normalized spacial score (nSPS) is 37.2. The van der Waals surface area contributed by atoms with Gasteiger partial charge in [-0.05, 0) is 106 Å². The predicted molar refractivity (Wildman–Crippen MR) is 123 cm³/mol. The van der Waals surface area contributed by atoms with E-state index in [1.54, 1.807) is 5.57 Å². The van der Waals surface area contributed by atoms with E-state index in [0.717, 1.165) is 55.4 Å². The lowest BCUT2D eigenvalue weighted by Crippen LogP contribution is -2.36. The fraction of sp³-hybridized carbons (Fsp3) is 0.778. The lowest BCUT2D eigenvalue weighted by atomic mass is 9.60. The van der Waals surface area contributed by atoms with Crippen LogP contribution < -0.4 is 0 Å². The molecule has 0 heterocycles. The zero-order chi connectivity index (χ0) is 21.2. The van der Waals surface area contributed by atoms with Crippen molar-refractivity contribution in [1.29, 1.82) is 0 Å². The summed E-state index contributed by atoms with van der Waals surface area (Å²) >= 11 is 0. The number of hydrogen-bond acceptors (Lipinski definition) is 2. The van der Waals surface area contributed by atoms with E-state index in [9.17, 15) is 10.2 Å². The molecule has 0 saturated heterocycles. The van der Waals surface area contributed by atoms with Gasteiger partial charge in [-0.15, -0.1) is 0 Å². The molecule has 3 unspecified atom stereocenters. The van der Waals surface area contributed by atoms with Gasteiger partial charge in [0.2, 0.25) is 0 Å². The van der Waals surface area contributed by atoms with E-state index >= 15 is 0 Å². The molecule has 0 aliphatic heterocycles. The molecule has 0 radical (unpaired) electrons. The zero-order valence-electron chi connectivity index (χ0n) is 19.3. The molecule has 3 aliphatic rings. The van der Waals surface area contributed by atoms with E-state index < -0.39 is 5.60 Å². The topological polar surface area (TPSA) is 40.5 Å². The molecule has 29 heavy (non-hydrogen) atoms. The molecule has 3 aliphatic carbocycles. The van der Waals surface area contributed by atoms with Crippen molar-refractivity contribution < 1.29 is 10.2 Å². The summed E-state index contributed by atoms with van der Waals surface area (Å²) in [4.78, 5) is 0. The lowest BCUT2D eigenvalue weighted by molar-refractivity contribution is 0.0596. The quantitative estimate of drug-likeness (QED) is 0.518. The van der Waals surface area contributed by atoms with Crippen LogP contribution in [0.4, 0.5) is 0 Å². The van der Waals surface area contributed by atoms with Gasteiger partial charge in [-0.1, -0.05) is 51.0 Å². The van der Waals surface area contributed by atoms with Crippen molar-refractivity contribution in [3.8, 4) is 0 Å². The molecule has 3 saturated carbocycles. The first-order valence-electron chi connectivity index (χ1n) is 12.1. The highest BCUT2D eigenvalue weighted by atomic mass is 16.3. The summed E-state index contributed by atoms with van der Waals surface area (Å²) in [5.41, 5.74) is 3.74. The van der Waals surface area contributed by atoms with Crippen LogP contribution in [0, 0.1) is 23.2 Å². The molecular formula is C27H44O2. The third-order valence-electron chi connectivity index (χ3n) is 8.41. The smallest absolute Gasteiger partial charge is 0.0787 e. The van der Waals surface area contributed by atoms with Gasteiger partial charge < -0.3 is 10.2 Å². The third kappa shape index (κ3) is 5.25. The molecule has 5 atom stereocenters. The Labute approximate surface area is 179 Å². The number of fused-ring (bicyclic) bond motifs is 1. The summed E-state index contributed by atoms with van der Waals surface area (Å²) in [5, 5.41) is 20.2. The van der Waals surface area contributed by atoms with E-state index in [1.807, 2.05) is 13.8 Å². The second-order valence-electron chi connectivity index (χ2n) is 11.1. The Morgan fingerprint density at radius 3 is 2.66 bits per heavy atom. The second-order valence-corrected chi connectivity index (χ2v) is 11.1. The van der Waals surface area contributed by atoms with Crippen molar-refractivity contribution in [2.45, 2.75) is 110 Å². The number of aliphatic hydroxyl groups excluding tert-OH is 1. The summed E-state index contributed by atoms with van der Waals surface area (Å²) in [6, 6.07) is 0. The number of rotatable bonds is 6. The van der Waals surface area contributed by atoms with Crippen molar-refractivity contribution >= 4 is 0 Å². The molecule has 3 fully saturated rings. The monoisotopic (exact) mass is 400 g/mol. The highest BCUT2D eigenvalue weighted by Crippen LogP contribution is 2.60. The standard InChI is InChI=1S/C27H44O2/c1-19(9-7-17-26(3,4)29)23-15-16-24-22(11-8-18-27(23,24)5)14-13-21-10-6-12-25(28)20(21)2/h13-14,19,23-25,28-29H,2,6-12,15-18H2,1,3-5H3/b21-13-,22-14+/t19-,23?,24+,25?,27?/m1/s1. The SMILES string of the molecule is C=C1/C(=C\C=C2/CCCC3(C)C([C@H](C)CCCC(C)(C)O)CC[C@@H]23)CCCC1O. The van der Waals surface area contributed by atoms with Gasteiger partial charge in [0.15, 0.2) is 0 Å². The van der Waals surface area contributed by atoms with Crippen molar-refractivity contribution in [3.63, 3.8) is 0 Å².